The van der Waals surface area contributed by atoms with Gasteiger partial charge in [-0.15, -0.1) is 0 Å². The van der Waals surface area contributed by atoms with E-state index in [9.17, 15) is 0 Å². The number of fused-ring (bicyclic) bond motifs is 2. The molecule has 0 aliphatic heterocycles. The van der Waals surface area contributed by atoms with Crippen molar-refractivity contribution >= 4 is 23.8 Å². The van der Waals surface area contributed by atoms with Gasteiger partial charge < -0.3 is 21.7 Å². The van der Waals surface area contributed by atoms with E-state index in [-0.39, 0.29) is 0 Å². The maximum absolute atomic E-state index is 6.19. The first-order valence-corrected chi connectivity index (χ1v) is 16.7. The van der Waals surface area contributed by atoms with Crippen LogP contribution in [-0.2, 0) is 0 Å². The van der Waals surface area contributed by atoms with Gasteiger partial charge in [-0.2, -0.15) is 29.9 Å². The molecule has 2 aromatic heterocycles. The van der Waals surface area contributed by atoms with Crippen LogP contribution in [0.15, 0.2) is 0 Å². The molecule has 5 aliphatic carbocycles. The van der Waals surface area contributed by atoms with Gasteiger partial charge in [-0.1, -0.05) is 57.8 Å². The van der Waals surface area contributed by atoms with E-state index in [1.165, 1.54) is 103 Å². The number of aromatic nitrogens is 6. The molecular formula is C31H48N10. The summed E-state index contributed by atoms with van der Waals surface area (Å²) < 4.78 is 0. The number of hydrogen-bond donors (Lipinski definition) is 4. The highest BCUT2D eigenvalue weighted by Crippen LogP contribution is 2.58. The van der Waals surface area contributed by atoms with E-state index >= 15 is 0 Å². The van der Waals surface area contributed by atoms with Gasteiger partial charge in [-0.3, -0.25) is 0 Å². The second kappa shape index (κ2) is 12.2. The lowest BCUT2D eigenvalue weighted by molar-refractivity contribution is 0.355. The van der Waals surface area contributed by atoms with Gasteiger partial charge in [0.2, 0.25) is 23.8 Å². The first kappa shape index (κ1) is 27.1. The monoisotopic (exact) mass is 560 g/mol. The number of hydrogen-bond acceptors (Lipinski definition) is 10. The number of rotatable bonds is 8. The van der Waals surface area contributed by atoms with E-state index in [1.54, 1.807) is 0 Å². The van der Waals surface area contributed by atoms with Crippen LogP contribution in [0.4, 0.5) is 23.8 Å². The lowest BCUT2D eigenvalue weighted by Gasteiger charge is -2.28. The molecule has 0 radical (unpaired) electrons. The quantitative estimate of drug-likeness (QED) is 0.296. The number of nitrogens with zero attached hydrogens (tertiary/aromatic N) is 6. The molecule has 0 spiro atoms. The molecule has 0 amide bonds. The summed E-state index contributed by atoms with van der Waals surface area (Å²) in [7, 11) is 0. The number of anilines is 4. The molecule has 41 heavy (non-hydrogen) atoms. The molecule has 4 atom stereocenters. The summed E-state index contributed by atoms with van der Waals surface area (Å²) >= 11 is 0. The lowest BCUT2D eigenvalue weighted by atomic mass is 9.81. The molecule has 10 nitrogen and oxygen atoms in total. The standard InChI is InChI=1S/C31H48N10/c32-28-36-26(37-29(40-28)33-21-10-4-1-5-11-21)24-17-20-16-19(24)18-25(20)27-38-30(34-22-12-6-2-7-13-22)41-31(39-27)35-23-14-8-3-9-15-23/h19-25H,1-18H2,(H3,32,33,36,37,40)(H2,34,35,38,39,41). The topological polar surface area (TPSA) is 139 Å². The van der Waals surface area contributed by atoms with Crippen LogP contribution in [0, 0.1) is 11.8 Å². The van der Waals surface area contributed by atoms with Gasteiger partial charge in [0, 0.05) is 30.0 Å². The van der Waals surface area contributed by atoms with Crippen molar-refractivity contribution in [1.82, 2.24) is 29.9 Å². The minimum Gasteiger partial charge on any atom is -0.368 e. The fourth-order valence-electron chi connectivity index (χ4n) is 8.52. The molecule has 0 aromatic carbocycles. The molecule has 7 rings (SSSR count). The molecular weight excluding hydrogens is 512 g/mol. The molecule has 4 unspecified atom stereocenters. The van der Waals surface area contributed by atoms with E-state index in [2.05, 4.69) is 25.9 Å². The van der Waals surface area contributed by atoms with Crippen LogP contribution in [-0.4, -0.2) is 48.0 Å². The van der Waals surface area contributed by atoms with Crippen molar-refractivity contribution in [3.63, 3.8) is 0 Å². The number of nitrogens with two attached hydrogens (primary N) is 1. The van der Waals surface area contributed by atoms with E-state index in [0.29, 0.717) is 53.7 Å². The normalized spacial score (nSPS) is 29.5. The summed E-state index contributed by atoms with van der Waals surface area (Å²) in [6, 6.07) is 1.38. The zero-order valence-electron chi connectivity index (χ0n) is 24.5. The van der Waals surface area contributed by atoms with Crippen LogP contribution in [0.25, 0.3) is 0 Å². The van der Waals surface area contributed by atoms with Crippen LogP contribution < -0.4 is 21.7 Å². The third kappa shape index (κ3) is 6.36. The second-order valence-electron chi connectivity index (χ2n) is 13.6. The first-order valence-electron chi connectivity index (χ1n) is 16.7. The number of nitrogen functional groups attached to an aromatic ring is 1. The average molecular weight is 561 g/mol. The van der Waals surface area contributed by atoms with Crippen molar-refractivity contribution < 1.29 is 0 Å². The smallest absolute Gasteiger partial charge is 0.227 e. The minimum absolute atomic E-state index is 0.329. The summed E-state index contributed by atoms with van der Waals surface area (Å²) in [5.74, 6) is 6.11. The van der Waals surface area contributed by atoms with Gasteiger partial charge in [0.1, 0.15) is 11.6 Å². The highest BCUT2D eigenvalue weighted by molar-refractivity contribution is 5.38. The van der Waals surface area contributed by atoms with Gasteiger partial charge in [-0.05, 0) is 69.6 Å². The average Bonchev–Trinajstić information content (AvgIpc) is 3.60. The second-order valence-corrected chi connectivity index (χ2v) is 13.6. The molecule has 2 bridgehead atoms. The zero-order valence-corrected chi connectivity index (χ0v) is 24.5. The first-order chi connectivity index (χ1) is 20.2. The molecule has 5 N–H and O–H groups in total. The Balaban J connectivity index is 1.07. The molecule has 2 aromatic rings. The predicted molar refractivity (Wildman–Crippen MR) is 162 cm³/mol. The Morgan fingerprint density at radius 2 is 0.829 bits per heavy atom. The summed E-state index contributed by atoms with van der Waals surface area (Å²) in [6.07, 6.45) is 22.2. The Hall–Kier alpha value is -2.78. The van der Waals surface area contributed by atoms with E-state index in [4.69, 9.17) is 25.7 Å². The largest absolute Gasteiger partial charge is 0.368 e. The third-order valence-corrected chi connectivity index (χ3v) is 10.7. The van der Waals surface area contributed by atoms with E-state index in [1.807, 2.05) is 0 Å². The van der Waals surface area contributed by atoms with Crippen molar-refractivity contribution in [1.29, 1.82) is 0 Å². The van der Waals surface area contributed by atoms with Gasteiger partial charge in [-0.25, -0.2) is 0 Å². The van der Waals surface area contributed by atoms with Crippen LogP contribution in [0.2, 0.25) is 0 Å². The zero-order chi connectivity index (χ0) is 27.6. The van der Waals surface area contributed by atoms with Crippen LogP contribution >= 0.6 is 0 Å². The molecule has 222 valence electrons. The third-order valence-electron chi connectivity index (χ3n) is 10.7. The van der Waals surface area contributed by atoms with Gasteiger partial charge >= 0.3 is 0 Å². The van der Waals surface area contributed by atoms with Crippen molar-refractivity contribution in [2.24, 2.45) is 11.8 Å². The molecule has 10 heteroatoms. The van der Waals surface area contributed by atoms with E-state index in [0.717, 1.165) is 36.4 Å². The summed E-state index contributed by atoms with van der Waals surface area (Å²) in [5, 5.41) is 11.0. The number of nitrogens with one attached hydrogen (secondary N) is 3. The van der Waals surface area contributed by atoms with Crippen LogP contribution in [0.3, 0.4) is 0 Å². The molecule has 0 saturated heterocycles. The maximum Gasteiger partial charge on any atom is 0.227 e. The SMILES string of the molecule is Nc1nc(NC2CCCCC2)nc(C2CC3CC2CC3c2nc(NC3CCCCC3)nc(NC3CCCCC3)n2)n1. The Kier molecular flexibility index (Phi) is 8.07. The summed E-state index contributed by atoms with van der Waals surface area (Å²) in [6.45, 7) is 0. The Labute approximate surface area is 244 Å². The predicted octanol–water partition coefficient (Wildman–Crippen LogP) is 6.17. The van der Waals surface area contributed by atoms with Gasteiger partial charge in [0.15, 0.2) is 0 Å². The Morgan fingerprint density at radius 1 is 0.439 bits per heavy atom. The Morgan fingerprint density at radius 3 is 1.24 bits per heavy atom. The van der Waals surface area contributed by atoms with Crippen molar-refractivity contribution in [3.8, 4) is 0 Å². The van der Waals surface area contributed by atoms with Crippen molar-refractivity contribution in [3.05, 3.63) is 11.6 Å². The van der Waals surface area contributed by atoms with Crippen molar-refractivity contribution in [2.75, 3.05) is 21.7 Å². The van der Waals surface area contributed by atoms with E-state index < -0.39 is 0 Å². The molecule has 5 aliphatic rings. The fourth-order valence-corrected chi connectivity index (χ4v) is 8.52. The van der Waals surface area contributed by atoms with Crippen LogP contribution in [0.1, 0.15) is 139 Å². The van der Waals surface area contributed by atoms with Gasteiger partial charge in [0.05, 0.1) is 0 Å². The molecule has 2 heterocycles. The highest BCUT2D eigenvalue weighted by Gasteiger charge is 2.49. The fraction of sp³-hybridized carbons (Fsp3) is 0.806. The summed E-state index contributed by atoms with van der Waals surface area (Å²) in [4.78, 5) is 29.0. The van der Waals surface area contributed by atoms with Crippen molar-refractivity contribution in [2.45, 2.75) is 146 Å². The Bertz CT molecular complexity index is 1130. The minimum atomic E-state index is 0.329. The van der Waals surface area contributed by atoms with Gasteiger partial charge in [0.25, 0.3) is 0 Å². The molecule has 5 saturated carbocycles. The summed E-state index contributed by atoms with van der Waals surface area (Å²) in [5.41, 5.74) is 6.19. The maximum atomic E-state index is 6.19. The molecule has 5 fully saturated rings. The van der Waals surface area contributed by atoms with Crippen LogP contribution in [0.5, 0.6) is 0 Å². The highest BCUT2D eigenvalue weighted by atomic mass is 15.2. The lowest BCUT2D eigenvalue weighted by Crippen LogP contribution is -2.28.